The van der Waals surface area contributed by atoms with Crippen LogP contribution in [0.15, 0.2) is 12.1 Å². The minimum atomic E-state index is -1.07. The van der Waals surface area contributed by atoms with Crippen LogP contribution in [0.3, 0.4) is 0 Å². The Kier molecular flexibility index (Phi) is 3.33. The highest BCUT2D eigenvalue weighted by atomic mass is 16.5. The Bertz CT molecular complexity index is 784. The van der Waals surface area contributed by atoms with Crippen LogP contribution in [0, 0.1) is 5.92 Å². The van der Waals surface area contributed by atoms with Crippen LogP contribution < -0.4 is 4.74 Å². The first-order valence-corrected chi connectivity index (χ1v) is 9.91. The number of Topliss-reactive ketones (excluding diaryl/α,β-unsaturated/α-hetero) is 1. The molecule has 4 atom stereocenters. The lowest BCUT2D eigenvalue weighted by molar-refractivity contribution is -0.164. The van der Waals surface area contributed by atoms with Gasteiger partial charge >= 0.3 is 0 Å². The number of hydrogen-bond acceptors (Lipinski definition) is 5. The predicted molar refractivity (Wildman–Crippen MR) is 96.5 cm³/mol. The molecule has 2 fully saturated rings. The van der Waals surface area contributed by atoms with Crippen molar-refractivity contribution in [3.05, 3.63) is 23.3 Å². The minimum absolute atomic E-state index is 0.00289. The third-order valence-electron chi connectivity index (χ3n) is 7.38. The molecule has 1 aromatic carbocycles. The van der Waals surface area contributed by atoms with Crippen molar-refractivity contribution >= 4 is 5.78 Å². The summed E-state index contributed by atoms with van der Waals surface area (Å²) in [7, 11) is 0. The summed E-state index contributed by atoms with van der Waals surface area (Å²) in [5.41, 5.74) is 0.173. The van der Waals surface area contributed by atoms with Crippen LogP contribution in [0.25, 0.3) is 0 Å². The van der Waals surface area contributed by atoms with Crippen LogP contribution in [0.4, 0.5) is 0 Å². The lowest BCUT2D eigenvalue weighted by Crippen LogP contribution is -2.73. The van der Waals surface area contributed by atoms with E-state index in [2.05, 4.69) is 4.90 Å². The number of aromatic hydroxyl groups is 1. The number of ether oxygens (including phenoxy) is 1. The molecule has 2 aliphatic heterocycles. The summed E-state index contributed by atoms with van der Waals surface area (Å²) in [5, 5.41) is 22.2. The van der Waals surface area contributed by atoms with Gasteiger partial charge in [0, 0.05) is 24.6 Å². The summed E-state index contributed by atoms with van der Waals surface area (Å²) < 4.78 is 6.08. The zero-order valence-corrected chi connectivity index (χ0v) is 15.5. The maximum atomic E-state index is 12.8. The molecule has 1 saturated heterocycles. The molecule has 1 spiro atoms. The van der Waals surface area contributed by atoms with Crippen LogP contribution in [-0.2, 0) is 16.6 Å². The number of fused-ring (bicyclic) bond motifs is 1. The molecule has 4 unspecified atom stereocenters. The molecule has 1 aromatic rings. The number of benzene rings is 1. The zero-order chi connectivity index (χ0) is 18.3. The highest BCUT2D eigenvalue weighted by Gasteiger charge is 2.69. The van der Waals surface area contributed by atoms with Gasteiger partial charge in [-0.2, -0.15) is 0 Å². The number of aliphatic hydroxyl groups is 1. The molecule has 2 N–H and O–H groups in total. The summed E-state index contributed by atoms with van der Waals surface area (Å²) in [6.07, 6.45) is 3.64. The van der Waals surface area contributed by atoms with Gasteiger partial charge in [-0.3, -0.25) is 9.69 Å². The number of phenolic OH excluding ortho intramolecular Hbond substituents is 1. The van der Waals surface area contributed by atoms with Gasteiger partial charge in [-0.05, 0) is 56.7 Å². The van der Waals surface area contributed by atoms with Crippen molar-refractivity contribution in [3.63, 3.8) is 0 Å². The predicted octanol–water partition coefficient (Wildman–Crippen LogP) is 2.16. The number of piperidine rings is 1. The molecule has 0 aromatic heterocycles. The van der Waals surface area contributed by atoms with Crippen LogP contribution >= 0.6 is 0 Å². The molecule has 26 heavy (non-hydrogen) atoms. The van der Waals surface area contributed by atoms with Gasteiger partial charge in [-0.15, -0.1) is 0 Å². The first-order chi connectivity index (χ1) is 12.4. The van der Waals surface area contributed by atoms with Crippen molar-refractivity contribution in [2.24, 2.45) is 5.92 Å². The number of ketones is 1. The number of likely N-dealkylation sites (tertiary alicyclic amines) is 1. The lowest BCUT2D eigenvalue weighted by atomic mass is 9.53. The van der Waals surface area contributed by atoms with Gasteiger partial charge in [0.25, 0.3) is 0 Å². The van der Waals surface area contributed by atoms with Gasteiger partial charge in [-0.25, -0.2) is 0 Å². The number of carbonyl (C=O) groups excluding carboxylic acids is 1. The second kappa shape index (κ2) is 5.23. The Balaban J connectivity index is 1.69. The van der Waals surface area contributed by atoms with E-state index in [-0.39, 0.29) is 17.6 Å². The van der Waals surface area contributed by atoms with E-state index in [1.54, 1.807) is 6.07 Å². The summed E-state index contributed by atoms with van der Waals surface area (Å²) in [6.45, 7) is 5.62. The van der Waals surface area contributed by atoms with Gasteiger partial charge in [0.1, 0.15) is 0 Å². The van der Waals surface area contributed by atoms with Gasteiger partial charge in [0.2, 0.25) is 0 Å². The number of rotatable bonds is 4. The van der Waals surface area contributed by atoms with Crippen molar-refractivity contribution in [3.8, 4) is 11.5 Å². The molecular weight excluding hydrogens is 330 g/mol. The number of hydrogen-bond donors (Lipinski definition) is 2. The van der Waals surface area contributed by atoms with Gasteiger partial charge in [0.15, 0.2) is 23.4 Å². The maximum Gasteiger partial charge on any atom is 0.174 e. The van der Waals surface area contributed by atoms with Gasteiger partial charge in [-0.1, -0.05) is 13.0 Å². The largest absolute Gasteiger partial charge is 0.504 e. The quantitative estimate of drug-likeness (QED) is 0.864. The van der Waals surface area contributed by atoms with Gasteiger partial charge in [0.05, 0.1) is 11.0 Å². The second-order valence-electron chi connectivity index (χ2n) is 8.79. The van der Waals surface area contributed by atoms with Crippen LogP contribution in [0.2, 0.25) is 0 Å². The third kappa shape index (κ3) is 1.91. The second-order valence-corrected chi connectivity index (χ2v) is 8.79. The van der Waals surface area contributed by atoms with E-state index in [9.17, 15) is 15.0 Å². The van der Waals surface area contributed by atoms with Crippen molar-refractivity contribution in [1.82, 2.24) is 4.90 Å². The Morgan fingerprint density at radius 2 is 2.15 bits per heavy atom. The monoisotopic (exact) mass is 357 g/mol. The van der Waals surface area contributed by atoms with Crippen LogP contribution in [0.5, 0.6) is 11.5 Å². The zero-order valence-electron chi connectivity index (χ0n) is 15.5. The number of carbonyl (C=O) groups is 1. The van der Waals surface area contributed by atoms with E-state index in [0.29, 0.717) is 18.6 Å². The third-order valence-corrected chi connectivity index (χ3v) is 7.38. The fraction of sp³-hybridized carbons (Fsp3) is 0.667. The Morgan fingerprint density at radius 3 is 2.85 bits per heavy atom. The SMILES string of the molecule is CCC(=O)C1Oc2c(O)ccc3c2C12CCN(CC1CC1)C(C3)C2(C)O. The molecule has 2 aliphatic carbocycles. The molecule has 0 amide bonds. The fourth-order valence-corrected chi connectivity index (χ4v) is 5.81. The molecule has 5 rings (SSSR count). The van der Waals surface area contributed by atoms with Crippen LogP contribution in [-0.4, -0.2) is 51.7 Å². The van der Waals surface area contributed by atoms with E-state index in [1.165, 1.54) is 12.8 Å². The number of phenols is 1. The highest BCUT2D eigenvalue weighted by molar-refractivity contribution is 5.88. The lowest BCUT2D eigenvalue weighted by Gasteiger charge is -2.59. The van der Waals surface area contributed by atoms with E-state index in [0.717, 1.165) is 36.6 Å². The molecule has 140 valence electrons. The van der Waals surface area contributed by atoms with Crippen molar-refractivity contribution in [2.75, 3.05) is 13.1 Å². The van der Waals surface area contributed by atoms with E-state index < -0.39 is 17.1 Å². The van der Waals surface area contributed by atoms with E-state index >= 15 is 0 Å². The average molecular weight is 357 g/mol. The minimum Gasteiger partial charge on any atom is -0.504 e. The number of nitrogens with zero attached hydrogens (tertiary/aromatic N) is 1. The standard InChI is InChI=1S/C21H27NO4/c1-3-14(23)19-21-8-9-22(11-12-4-5-12)16(20(21,2)25)10-13-6-7-15(24)18(26-19)17(13)21/h6-7,12,16,19,24-25H,3-5,8-11H2,1-2H3. The maximum absolute atomic E-state index is 12.8. The Morgan fingerprint density at radius 1 is 1.38 bits per heavy atom. The summed E-state index contributed by atoms with van der Waals surface area (Å²) in [5.74, 6) is 1.25. The smallest absolute Gasteiger partial charge is 0.174 e. The van der Waals surface area contributed by atoms with Gasteiger partial charge < -0.3 is 14.9 Å². The van der Waals surface area contributed by atoms with Crippen molar-refractivity contribution in [2.45, 2.75) is 69.1 Å². The first-order valence-electron chi connectivity index (χ1n) is 9.91. The molecular formula is C21H27NO4. The molecule has 4 aliphatic rings. The molecule has 1 saturated carbocycles. The van der Waals surface area contributed by atoms with E-state index in [4.69, 9.17) is 4.74 Å². The summed E-state index contributed by atoms with van der Waals surface area (Å²) >= 11 is 0. The first kappa shape index (κ1) is 16.6. The van der Waals surface area contributed by atoms with E-state index in [1.807, 2.05) is 19.9 Å². The average Bonchev–Trinajstić information content (AvgIpc) is 3.34. The molecule has 0 radical (unpaired) electrons. The molecule has 5 nitrogen and oxygen atoms in total. The molecule has 5 heteroatoms. The Labute approximate surface area is 154 Å². The van der Waals surface area contributed by atoms with Crippen molar-refractivity contribution < 1.29 is 19.7 Å². The van der Waals surface area contributed by atoms with Crippen LogP contribution in [0.1, 0.15) is 50.7 Å². The highest BCUT2D eigenvalue weighted by Crippen LogP contribution is 2.62. The normalized spacial score (nSPS) is 38.0. The topological polar surface area (TPSA) is 70.0 Å². The fourth-order valence-electron chi connectivity index (χ4n) is 5.81. The summed E-state index contributed by atoms with van der Waals surface area (Å²) in [6, 6.07) is 3.60. The Hall–Kier alpha value is -1.59. The molecule has 2 heterocycles. The van der Waals surface area contributed by atoms with Crippen molar-refractivity contribution in [1.29, 1.82) is 0 Å². The summed E-state index contributed by atoms with van der Waals surface area (Å²) in [4.78, 5) is 15.3. The molecule has 2 bridgehead atoms.